The lowest BCUT2D eigenvalue weighted by Crippen LogP contribution is -2.63. The molecule has 0 bridgehead atoms. The van der Waals surface area contributed by atoms with Crippen molar-refractivity contribution in [3.05, 3.63) is 77.8 Å². The standard InChI is InChI=1S/C24H28Cl2O2Si2/c1-4-28-21-9-15-24(16-10-21)30(17-25,23-13-7-20(27-2)8-14-23)18-29(3)22-11-5-19(26)6-12-22/h5-16,29H,4,17-18H2,1-3H3. The summed E-state index contributed by atoms with van der Waals surface area (Å²) in [5.41, 5.74) is 1.77. The number of hydrogen-bond acceptors (Lipinski definition) is 2. The minimum Gasteiger partial charge on any atom is -0.497 e. The predicted octanol–water partition coefficient (Wildman–Crippen LogP) is 4.39. The van der Waals surface area contributed by atoms with E-state index in [1.165, 1.54) is 15.6 Å². The van der Waals surface area contributed by atoms with Crippen LogP contribution in [0.3, 0.4) is 0 Å². The van der Waals surface area contributed by atoms with Crippen molar-refractivity contribution in [3.8, 4) is 11.5 Å². The molecule has 0 saturated carbocycles. The van der Waals surface area contributed by atoms with Gasteiger partial charge in [0.05, 0.1) is 22.5 Å². The van der Waals surface area contributed by atoms with Gasteiger partial charge < -0.3 is 9.47 Å². The molecule has 2 nitrogen and oxygen atoms in total. The predicted molar refractivity (Wildman–Crippen MR) is 135 cm³/mol. The molecule has 158 valence electrons. The summed E-state index contributed by atoms with van der Waals surface area (Å²) in [5, 5.41) is 4.89. The van der Waals surface area contributed by atoms with Gasteiger partial charge in [0.25, 0.3) is 0 Å². The lowest BCUT2D eigenvalue weighted by molar-refractivity contribution is 0.340. The second kappa shape index (κ2) is 10.5. The molecule has 0 aliphatic heterocycles. The molecule has 0 spiro atoms. The van der Waals surface area contributed by atoms with Crippen LogP contribution in [0.4, 0.5) is 0 Å². The third-order valence-electron chi connectivity index (χ3n) is 5.68. The first kappa shape index (κ1) is 22.9. The van der Waals surface area contributed by atoms with Crippen LogP contribution in [-0.4, -0.2) is 36.1 Å². The Balaban J connectivity index is 2.04. The minimum absolute atomic E-state index is 0.637. The van der Waals surface area contributed by atoms with Crippen LogP contribution in [0.2, 0.25) is 17.2 Å². The molecular formula is C24H28Cl2O2Si2. The average molecular weight is 476 g/mol. The molecule has 0 fully saturated rings. The molecule has 3 aromatic carbocycles. The van der Waals surface area contributed by atoms with Gasteiger partial charge in [0, 0.05) is 10.5 Å². The Morgan fingerprint density at radius 2 is 1.37 bits per heavy atom. The topological polar surface area (TPSA) is 18.5 Å². The van der Waals surface area contributed by atoms with Crippen LogP contribution in [0.5, 0.6) is 11.5 Å². The number of halogens is 2. The normalized spacial score (nSPS) is 14.0. The van der Waals surface area contributed by atoms with E-state index in [-0.39, 0.29) is 0 Å². The molecular weight excluding hydrogens is 447 g/mol. The van der Waals surface area contributed by atoms with E-state index in [1.807, 2.05) is 31.2 Å². The van der Waals surface area contributed by atoms with E-state index in [9.17, 15) is 0 Å². The SMILES string of the molecule is CCOc1ccc([Si](CCl)(C[SiH](C)c2ccc(Cl)cc2)c2ccc(OC)cc2)cc1. The van der Waals surface area contributed by atoms with Gasteiger partial charge in [-0.3, -0.25) is 0 Å². The van der Waals surface area contributed by atoms with Gasteiger partial charge in [0.15, 0.2) is 0 Å². The van der Waals surface area contributed by atoms with Crippen LogP contribution in [0.15, 0.2) is 72.8 Å². The Morgan fingerprint density at radius 1 is 0.833 bits per heavy atom. The van der Waals surface area contributed by atoms with Gasteiger partial charge in [-0.15, -0.1) is 11.6 Å². The molecule has 0 radical (unpaired) electrons. The van der Waals surface area contributed by atoms with Gasteiger partial charge in [-0.25, -0.2) is 0 Å². The lowest BCUT2D eigenvalue weighted by atomic mass is 10.3. The lowest BCUT2D eigenvalue weighted by Gasteiger charge is -2.33. The van der Waals surface area contributed by atoms with E-state index in [0.29, 0.717) is 12.1 Å². The maximum atomic E-state index is 6.83. The Morgan fingerprint density at radius 3 is 1.83 bits per heavy atom. The van der Waals surface area contributed by atoms with Crippen LogP contribution >= 0.6 is 23.2 Å². The summed E-state index contributed by atoms with van der Waals surface area (Å²) in [5.74, 6) is 1.77. The molecule has 6 heteroatoms. The van der Waals surface area contributed by atoms with E-state index >= 15 is 0 Å². The molecule has 0 N–H and O–H groups in total. The molecule has 3 aromatic rings. The van der Waals surface area contributed by atoms with Crippen molar-refractivity contribution in [1.29, 1.82) is 0 Å². The molecule has 0 aliphatic carbocycles. The fourth-order valence-corrected chi connectivity index (χ4v) is 16.6. The molecule has 0 aromatic heterocycles. The van der Waals surface area contributed by atoms with E-state index < -0.39 is 16.9 Å². The molecule has 2 atom stereocenters. The van der Waals surface area contributed by atoms with Crippen LogP contribution in [0.25, 0.3) is 0 Å². The molecule has 3 rings (SSSR count). The van der Waals surface area contributed by atoms with Crippen LogP contribution < -0.4 is 25.0 Å². The molecule has 0 amide bonds. The van der Waals surface area contributed by atoms with Gasteiger partial charge in [0.1, 0.15) is 19.6 Å². The van der Waals surface area contributed by atoms with Crippen molar-refractivity contribution in [1.82, 2.24) is 0 Å². The van der Waals surface area contributed by atoms with Crippen molar-refractivity contribution in [2.24, 2.45) is 0 Å². The smallest absolute Gasteiger partial charge is 0.130 e. The number of hydrogen-bond donors (Lipinski definition) is 0. The number of alkyl halides is 1. The van der Waals surface area contributed by atoms with Crippen molar-refractivity contribution in [3.63, 3.8) is 0 Å². The average Bonchev–Trinajstić information content (AvgIpc) is 2.79. The Labute approximate surface area is 192 Å². The first-order valence-electron chi connectivity index (χ1n) is 10.2. The van der Waals surface area contributed by atoms with Crippen molar-refractivity contribution < 1.29 is 9.47 Å². The molecule has 0 saturated heterocycles. The van der Waals surface area contributed by atoms with E-state index in [1.54, 1.807) is 7.11 Å². The van der Waals surface area contributed by atoms with E-state index in [2.05, 4.69) is 55.1 Å². The third kappa shape index (κ3) is 5.12. The van der Waals surface area contributed by atoms with Gasteiger partial charge >= 0.3 is 0 Å². The molecule has 0 heterocycles. The number of ether oxygens (including phenoxy) is 2. The zero-order valence-corrected chi connectivity index (χ0v) is 21.4. The number of methoxy groups -OCH3 is 1. The maximum absolute atomic E-state index is 6.83. The fraction of sp³-hybridized carbons (Fsp3) is 0.250. The summed E-state index contributed by atoms with van der Waals surface area (Å²) in [6.07, 6.45) is 0. The van der Waals surface area contributed by atoms with Crippen molar-refractivity contribution >= 4 is 55.6 Å². The third-order valence-corrected chi connectivity index (χ3v) is 17.4. The summed E-state index contributed by atoms with van der Waals surface area (Å²) in [6.45, 7) is 5.08. The number of benzene rings is 3. The zero-order chi connectivity index (χ0) is 21.6. The largest absolute Gasteiger partial charge is 0.497 e. The highest BCUT2D eigenvalue weighted by molar-refractivity contribution is 7.11. The maximum Gasteiger partial charge on any atom is 0.130 e. The summed E-state index contributed by atoms with van der Waals surface area (Å²) in [4.78, 5) is 0. The van der Waals surface area contributed by atoms with Crippen molar-refractivity contribution in [2.75, 3.05) is 19.2 Å². The highest BCUT2D eigenvalue weighted by Gasteiger charge is 2.38. The minimum atomic E-state index is -2.18. The Bertz CT molecular complexity index is 931. The van der Waals surface area contributed by atoms with E-state index in [4.69, 9.17) is 32.7 Å². The highest BCUT2D eigenvalue weighted by Crippen LogP contribution is 2.20. The first-order valence-corrected chi connectivity index (χ1v) is 16.1. The van der Waals surface area contributed by atoms with Crippen LogP contribution in [-0.2, 0) is 0 Å². The zero-order valence-electron chi connectivity index (χ0n) is 17.7. The highest BCUT2D eigenvalue weighted by atomic mass is 35.5. The Kier molecular flexibility index (Phi) is 8.06. The van der Waals surface area contributed by atoms with Gasteiger partial charge in [0.2, 0.25) is 0 Å². The summed E-state index contributed by atoms with van der Waals surface area (Å²) < 4.78 is 11.1. The molecule has 0 aliphatic rings. The van der Waals surface area contributed by atoms with Gasteiger partial charge in [-0.1, -0.05) is 75.8 Å². The van der Waals surface area contributed by atoms with Crippen LogP contribution in [0, 0.1) is 0 Å². The quantitative estimate of drug-likeness (QED) is 0.338. The van der Waals surface area contributed by atoms with Gasteiger partial charge in [-0.2, -0.15) is 0 Å². The molecule has 2 unspecified atom stereocenters. The second-order valence-electron chi connectivity index (χ2n) is 7.56. The fourth-order valence-electron chi connectivity index (χ4n) is 3.99. The van der Waals surface area contributed by atoms with Crippen molar-refractivity contribution in [2.45, 2.75) is 19.1 Å². The summed E-state index contributed by atoms with van der Waals surface area (Å²) in [7, 11) is -1.73. The second-order valence-corrected chi connectivity index (χ2v) is 16.5. The first-order chi connectivity index (χ1) is 14.5. The summed E-state index contributed by atoms with van der Waals surface area (Å²) in [6, 6.07) is 25.4. The Hall–Kier alpha value is -1.73. The molecule has 30 heavy (non-hydrogen) atoms. The summed E-state index contributed by atoms with van der Waals surface area (Å²) >= 11 is 12.9. The monoisotopic (exact) mass is 474 g/mol. The van der Waals surface area contributed by atoms with E-state index in [0.717, 1.165) is 22.2 Å². The van der Waals surface area contributed by atoms with Crippen LogP contribution in [0.1, 0.15) is 6.92 Å². The van der Waals surface area contributed by atoms with Gasteiger partial charge in [-0.05, 0) is 43.3 Å². The number of rotatable bonds is 9.